The van der Waals surface area contributed by atoms with E-state index in [1.54, 1.807) is 0 Å². The van der Waals surface area contributed by atoms with E-state index in [0.717, 1.165) is 11.1 Å². The fourth-order valence-electron chi connectivity index (χ4n) is 2.58. The maximum atomic E-state index is 6.16. The van der Waals surface area contributed by atoms with Crippen molar-refractivity contribution in [3.05, 3.63) is 66.2 Å². The second-order valence-electron chi connectivity index (χ2n) is 5.43. The minimum absolute atomic E-state index is 0.406. The predicted molar refractivity (Wildman–Crippen MR) is 95.3 cm³/mol. The Hall–Kier alpha value is -3.41. The first-order valence-electron chi connectivity index (χ1n) is 7.66. The van der Waals surface area contributed by atoms with Gasteiger partial charge in [-0.05, 0) is 5.56 Å². The van der Waals surface area contributed by atoms with E-state index in [-0.39, 0.29) is 0 Å². The zero-order valence-electron chi connectivity index (χ0n) is 12.9. The van der Waals surface area contributed by atoms with Gasteiger partial charge in [-0.15, -0.1) is 0 Å². The SMILES string of the molecule is Nc1nc(-c2ccccc2)nc2[nH]nc(NCc3ccccc3)c12. The minimum atomic E-state index is 0.406. The number of aromatic nitrogens is 4. The van der Waals surface area contributed by atoms with E-state index in [4.69, 9.17) is 5.73 Å². The van der Waals surface area contributed by atoms with Gasteiger partial charge in [0.1, 0.15) is 11.2 Å². The fraction of sp³-hybridized carbons (Fsp3) is 0.0556. The van der Waals surface area contributed by atoms with Crippen LogP contribution in [0, 0.1) is 0 Å². The van der Waals surface area contributed by atoms with E-state index >= 15 is 0 Å². The van der Waals surface area contributed by atoms with Gasteiger partial charge < -0.3 is 11.1 Å². The van der Waals surface area contributed by atoms with Crippen molar-refractivity contribution in [2.45, 2.75) is 6.54 Å². The predicted octanol–water partition coefficient (Wildman–Crippen LogP) is 3.21. The molecular weight excluding hydrogens is 300 g/mol. The van der Waals surface area contributed by atoms with E-state index < -0.39 is 0 Å². The average molecular weight is 316 g/mol. The summed E-state index contributed by atoms with van der Waals surface area (Å²) < 4.78 is 0. The fourth-order valence-corrected chi connectivity index (χ4v) is 2.58. The number of H-pyrrole nitrogens is 1. The van der Waals surface area contributed by atoms with Gasteiger partial charge in [0.15, 0.2) is 17.3 Å². The molecule has 4 aromatic rings. The van der Waals surface area contributed by atoms with Crippen molar-refractivity contribution in [3.8, 4) is 11.4 Å². The third-order valence-electron chi connectivity index (χ3n) is 3.78. The number of nitrogens with one attached hydrogen (secondary N) is 2. The molecule has 0 atom stereocenters. The molecule has 4 N–H and O–H groups in total. The van der Waals surface area contributed by atoms with Crippen molar-refractivity contribution in [3.63, 3.8) is 0 Å². The van der Waals surface area contributed by atoms with Crippen LogP contribution in [0.15, 0.2) is 60.7 Å². The van der Waals surface area contributed by atoms with E-state index in [0.29, 0.717) is 35.0 Å². The van der Waals surface area contributed by atoms with Gasteiger partial charge in [-0.1, -0.05) is 60.7 Å². The lowest BCUT2D eigenvalue weighted by Gasteiger charge is -2.05. The Balaban J connectivity index is 1.67. The van der Waals surface area contributed by atoms with Crippen LogP contribution in [0.1, 0.15) is 5.56 Å². The summed E-state index contributed by atoms with van der Waals surface area (Å²) in [4.78, 5) is 8.96. The van der Waals surface area contributed by atoms with Crippen LogP contribution in [-0.4, -0.2) is 20.2 Å². The molecule has 2 aromatic heterocycles. The molecule has 0 saturated carbocycles. The number of hydrogen-bond acceptors (Lipinski definition) is 5. The molecule has 0 radical (unpaired) electrons. The van der Waals surface area contributed by atoms with Gasteiger partial charge in [-0.3, -0.25) is 5.10 Å². The van der Waals surface area contributed by atoms with Crippen molar-refractivity contribution >= 4 is 22.7 Å². The number of aromatic amines is 1. The molecule has 0 amide bonds. The summed E-state index contributed by atoms with van der Waals surface area (Å²) in [5, 5.41) is 11.2. The number of anilines is 2. The Morgan fingerprint density at radius 3 is 2.38 bits per heavy atom. The maximum Gasteiger partial charge on any atom is 0.163 e. The van der Waals surface area contributed by atoms with Crippen LogP contribution in [0.5, 0.6) is 0 Å². The maximum absolute atomic E-state index is 6.16. The number of nitrogens with zero attached hydrogens (tertiary/aromatic N) is 3. The van der Waals surface area contributed by atoms with Gasteiger partial charge >= 0.3 is 0 Å². The van der Waals surface area contributed by atoms with Crippen LogP contribution in [0.4, 0.5) is 11.6 Å². The van der Waals surface area contributed by atoms with Gasteiger partial charge in [-0.25, -0.2) is 9.97 Å². The van der Waals surface area contributed by atoms with Crippen LogP contribution in [0.3, 0.4) is 0 Å². The lowest BCUT2D eigenvalue weighted by molar-refractivity contribution is 1.05. The molecule has 4 rings (SSSR count). The number of nitrogens with two attached hydrogens (primary N) is 1. The first-order valence-corrected chi connectivity index (χ1v) is 7.66. The van der Waals surface area contributed by atoms with E-state index in [2.05, 4.69) is 37.6 Å². The zero-order valence-corrected chi connectivity index (χ0v) is 12.9. The Morgan fingerprint density at radius 1 is 0.917 bits per heavy atom. The van der Waals surface area contributed by atoms with Gasteiger partial charge in [0.05, 0.1) is 0 Å². The van der Waals surface area contributed by atoms with Crippen LogP contribution >= 0.6 is 0 Å². The second kappa shape index (κ2) is 6.00. The molecule has 0 aliphatic heterocycles. The lowest BCUT2D eigenvalue weighted by atomic mass is 10.2. The molecule has 0 fully saturated rings. The average Bonchev–Trinajstić information content (AvgIpc) is 3.05. The van der Waals surface area contributed by atoms with Crippen LogP contribution in [0.25, 0.3) is 22.4 Å². The quantitative estimate of drug-likeness (QED) is 0.537. The molecule has 24 heavy (non-hydrogen) atoms. The van der Waals surface area contributed by atoms with Crippen LogP contribution in [0.2, 0.25) is 0 Å². The molecule has 0 bridgehead atoms. The van der Waals surface area contributed by atoms with Crippen molar-refractivity contribution in [2.24, 2.45) is 0 Å². The van der Waals surface area contributed by atoms with E-state index in [9.17, 15) is 0 Å². The summed E-state index contributed by atoms with van der Waals surface area (Å²) in [6.07, 6.45) is 0. The molecule has 2 aromatic carbocycles. The summed E-state index contributed by atoms with van der Waals surface area (Å²) >= 11 is 0. The standard InChI is InChI=1S/C18H16N6/c19-15-14-17(20-11-12-7-3-1-4-8-12)23-24-18(14)22-16(21-15)13-9-5-2-6-10-13/h1-10H,11H2,(H4,19,20,21,22,23,24). The van der Waals surface area contributed by atoms with Crippen molar-refractivity contribution in [1.82, 2.24) is 20.2 Å². The van der Waals surface area contributed by atoms with E-state index in [1.807, 2.05) is 48.5 Å². The Bertz CT molecular complexity index is 963. The number of rotatable bonds is 4. The summed E-state index contributed by atoms with van der Waals surface area (Å²) in [5.74, 6) is 1.65. The van der Waals surface area contributed by atoms with Crippen molar-refractivity contribution in [2.75, 3.05) is 11.1 Å². The Labute approximate surface area is 138 Å². The molecule has 118 valence electrons. The van der Waals surface area contributed by atoms with Crippen LogP contribution < -0.4 is 11.1 Å². The number of benzene rings is 2. The van der Waals surface area contributed by atoms with Gasteiger partial charge in [0.25, 0.3) is 0 Å². The molecule has 0 saturated heterocycles. The summed E-state index contributed by atoms with van der Waals surface area (Å²) in [7, 11) is 0. The largest absolute Gasteiger partial charge is 0.383 e. The molecule has 0 spiro atoms. The molecule has 2 heterocycles. The summed E-state index contributed by atoms with van der Waals surface area (Å²) in [6.45, 7) is 0.653. The van der Waals surface area contributed by atoms with Crippen molar-refractivity contribution in [1.29, 1.82) is 0 Å². The third kappa shape index (κ3) is 2.65. The third-order valence-corrected chi connectivity index (χ3v) is 3.78. The van der Waals surface area contributed by atoms with Gasteiger partial charge in [-0.2, -0.15) is 5.10 Å². The van der Waals surface area contributed by atoms with Gasteiger partial charge in [0.2, 0.25) is 0 Å². The molecular formula is C18H16N6. The lowest BCUT2D eigenvalue weighted by Crippen LogP contribution is -2.02. The zero-order chi connectivity index (χ0) is 16.4. The summed E-state index contributed by atoms with van der Waals surface area (Å²) in [5.41, 5.74) is 8.86. The topological polar surface area (TPSA) is 92.5 Å². The molecule has 0 unspecified atom stereocenters. The minimum Gasteiger partial charge on any atom is -0.383 e. The molecule has 6 nitrogen and oxygen atoms in total. The summed E-state index contributed by atoms with van der Waals surface area (Å²) in [6, 6.07) is 19.8. The molecule has 0 aliphatic carbocycles. The highest BCUT2D eigenvalue weighted by atomic mass is 15.2. The monoisotopic (exact) mass is 316 g/mol. The first kappa shape index (κ1) is 14.2. The highest BCUT2D eigenvalue weighted by Gasteiger charge is 2.14. The van der Waals surface area contributed by atoms with E-state index in [1.165, 1.54) is 0 Å². The smallest absolute Gasteiger partial charge is 0.163 e. The first-order chi connectivity index (χ1) is 11.8. The Morgan fingerprint density at radius 2 is 1.62 bits per heavy atom. The van der Waals surface area contributed by atoms with Gasteiger partial charge in [0, 0.05) is 12.1 Å². The second-order valence-corrected chi connectivity index (χ2v) is 5.43. The number of hydrogen-bond donors (Lipinski definition) is 3. The number of fused-ring (bicyclic) bond motifs is 1. The normalized spacial score (nSPS) is 10.8. The molecule has 6 heteroatoms. The molecule has 0 aliphatic rings. The highest BCUT2D eigenvalue weighted by molar-refractivity contribution is 5.96. The Kier molecular flexibility index (Phi) is 3.55. The van der Waals surface area contributed by atoms with Crippen LogP contribution in [-0.2, 0) is 6.54 Å². The number of nitrogen functional groups attached to an aromatic ring is 1. The highest BCUT2D eigenvalue weighted by Crippen LogP contribution is 2.27. The van der Waals surface area contributed by atoms with Crippen molar-refractivity contribution < 1.29 is 0 Å².